The molecule has 1 aliphatic rings. The molecule has 0 aliphatic carbocycles. The molecule has 7 heteroatoms. The molecule has 0 radical (unpaired) electrons. The first kappa shape index (κ1) is 15.6. The van der Waals surface area contributed by atoms with Gasteiger partial charge in [-0.25, -0.2) is 4.39 Å². The Bertz CT molecular complexity index is 605. The van der Waals surface area contributed by atoms with E-state index in [1.807, 2.05) is 0 Å². The number of carbonyl (C=O) groups is 3. The molecular formula is C14H13ClFNO4. The van der Waals surface area contributed by atoms with E-state index in [0.29, 0.717) is 18.1 Å². The van der Waals surface area contributed by atoms with E-state index in [9.17, 15) is 18.8 Å². The average Bonchev–Trinajstić information content (AvgIpc) is 2.82. The summed E-state index contributed by atoms with van der Waals surface area (Å²) in [6.45, 7) is -0.563. The number of aldehydes is 2. The van der Waals surface area contributed by atoms with Crippen molar-refractivity contribution < 1.29 is 23.9 Å². The largest absolute Gasteiger partial charge is 0.392 e. The summed E-state index contributed by atoms with van der Waals surface area (Å²) in [5.74, 6) is -1.47. The van der Waals surface area contributed by atoms with Crippen molar-refractivity contribution in [1.82, 2.24) is 4.90 Å². The van der Waals surface area contributed by atoms with E-state index in [-0.39, 0.29) is 35.5 Å². The zero-order valence-corrected chi connectivity index (χ0v) is 11.8. The average molecular weight is 314 g/mol. The number of hydrogen-bond donors (Lipinski definition) is 1. The van der Waals surface area contributed by atoms with Crippen LogP contribution in [-0.2, 0) is 22.7 Å². The highest BCUT2D eigenvalue weighted by atomic mass is 35.5. The second-order valence-corrected chi connectivity index (χ2v) is 5.13. The summed E-state index contributed by atoms with van der Waals surface area (Å²) in [7, 11) is 0. The molecule has 2 rings (SSSR count). The Morgan fingerprint density at radius 3 is 2.76 bits per heavy atom. The van der Waals surface area contributed by atoms with Gasteiger partial charge in [0.1, 0.15) is 18.4 Å². The van der Waals surface area contributed by atoms with Gasteiger partial charge in [-0.3, -0.25) is 4.79 Å². The monoisotopic (exact) mass is 313 g/mol. The minimum Gasteiger partial charge on any atom is -0.392 e. The highest BCUT2D eigenvalue weighted by molar-refractivity contribution is 6.32. The van der Waals surface area contributed by atoms with Crippen molar-refractivity contribution in [2.24, 2.45) is 0 Å². The Morgan fingerprint density at radius 2 is 2.19 bits per heavy atom. The Labute approximate surface area is 125 Å². The van der Waals surface area contributed by atoms with Crippen molar-refractivity contribution in [2.45, 2.75) is 32.0 Å². The lowest BCUT2D eigenvalue weighted by molar-refractivity contribution is -0.112. The third-order valence-corrected chi connectivity index (χ3v) is 3.84. The normalized spacial score (nSPS) is 15.0. The molecule has 1 amide bonds. The van der Waals surface area contributed by atoms with Crippen molar-refractivity contribution in [2.75, 3.05) is 0 Å². The number of rotatable bonds is 6. The highest BCUT2D eigenvalue weighted by Gasteiger charge is 2.37. The quantitative estimate of drug-likeness (QED) is 0.807. The van der Waals surface area contributed by atoms with Gasteiger partial charge in [0.25, 0.3) is 5.91 Å². The molecule has 1 atom stereocenters. The molecule has 1 aromatic carbocycles. The van der Waals surface area contributed by atoms with E-state index < -0.39 is 24.4 Å². The van der Waals surface area contributed by atoms with Crippen LogP contribution in [0.4, 0.5) is 4.39 Å². The number of aliphatic hydroxyl groups excluding tert-OH is 1. The zero-order valence-electron chi connectivity index (χ0n) is 11.0. The first-order valence-electron chi connectivity index (χ1n) is 6.35. The van der Waals surface area contributed by atoms with E-state index in [2.05, 4.69) is 0 Å². The van der Waals surface area contributed by atoms with Crippen molar-refractivity contribution in [3.63, 3.8) is 0 Å². The lowest BCUT2D eigenvalue weighted by Gasteiger charge is -2.22. The van der Waals surface area contributed by atoms with Crippen molar-refractivity contribution in [3.05, 3.63) is 33.6 Å². The minimum atomic E-state index is -0.815. The Balaban J connectivity index is 2.40. The van der Waals surface area contributed by atoms with Crippen LogP contribution in [0.2, 0.25) is 5.02 Å². The maximum absolute atomic E-state index is 14.2. The molecule has 0 bridgehead atoms. The SMILES string of the molecule is O=CCCC(C=O)N1Cc2c(Cl)cc(CO)c(F)c2C1=O. The summed E-state index contributed by atoms with van der Waals surface area (Å²) < 4.78 is 14.2. The van der Waals surface area contributed by atoms with Crippen LogP contribution >= 0.6 is 11.6 Å². The Morgan fingerprint density at radius 1 is 1.48 bits per heavy atom. The second-order valence-electron chi connectivity index (χ2n) is 4.72. The van der Waals surface area contributed by atoms with Crippen LogP contribution in [0.5, 0.6) is 0 Å². The number of aliphatic hydroxyl groups is 1. The molecule has 1 aromatic rings. The topological polar surface area (TPSA) is 74.7 Å². The fourth-order valence-electron chi connectivity index (χ4n) is 2.40. The van der Waals surface area contributed by atoms with Crippen LogP contribution in [0.3, 0.4) is 0 Å². The maximum atomic E-state index is 14.2. The third-order valence-electron chi connectivity index (χ3n) is 3.50. The van der Waals surface area contributed by atoms with Gasteiger partial charge in [0.15, 0.2) is 0 Å². The van der Waals surface area contributed by atoms with Crippen LogP contribution in [0, 0.1) is 5.82 Å². The van der Waals surface area contributed by atoms with Crippen molar-refractivity contribution in [1.29, 1.82) is 0 Å². The lowest BCUT2D eigenvalue weighted by atomic mass is 10.1. The Hall–Kier alpha value is -1.79. The standard InChI is InChI=1S/C14H13ClFNO4/c15-11-4-8(6-19)13(16)12-10(11)5-17(14(12)21)9(7-20)2-1-3-18/h3-4,7,9,19H,1-2,5-6H2. The van der Waals surface area contributed by atoms with Gasteiger partial charge in [0.05, 0.1) is 18.2 Å². The smallest absolute Gasteiger partial charge is 0.258 e. The van der Waals surface area contributed by atoms with E-state index in [1.54, 1.807) is 0 Å². The molecule has 1 aliphatic heterocycles. The molecule has 0 spiro atoms. The number of fused-ring (bicyclic) bond motifs is 1. The Kier molecular flexibility index (Phi) is 4.69. The zero-order chi connectivity index (χ0) is 15.6. The van der Waals surface area contributed by atoms with Crippen LogP contribution in [0.1, 0.15) is 34.3 Å². The molecule has 21 heavy (non-hydrogen) atoms. The fourth-order valence-corrected chi connectivity index (χ4v) is 2.68. The van der Waals surface area contributed by atoms with Gasteiger partial charge in [0.2, 0.25) is 0 Å². The van der Waals surface area contributed by atoms with Gasteiger partial charge in [-0.2, -0.15) is 0 Å². The fraction of sp³-hybridized carbons (Fsp3) is 0.357. The molecular weight excluding hydrogens is 301 g/mol. The second kappa shape index (κ2) is 6.32. The predicted molar refractivity (Wildman–Crippen MR) is 72.4 cm³/mol. The number of benzene rings is 1. The highest BCUT2D eigenvalue weighted by Crippen LogP contribution is 2.34. The summed E-state index contributed by atoms with van der Waals surface area (Å²) in [5.41, 5.74) is 0.0308. The molecule has 0 saturated carbocycles. The van der Waals surface area contributed by atoms with Crippen LogP contribution in [0.15, 0.2) is 6.07 Å². The van der Waals surface area contributed by atoms with Crippen LogP contribution in [-0.4, -0.2) is 34.5 Å². The molecule has 1 heterocycles. The molecule has 0 saturated heterocycles. The summed E-state index contributed by atoms with van der Waals surface area (Å²) in [6, 6.07) is 0.469. The van der Waals surface area contributed by atoms with Crippen molar-refractivity contribution in [3.8, 4) is 0 Å². The molecule has 112 valence electrons. The first-order chi connectivity index (χ1) is 10.0. The van der Waals surface area contributed by atoms with Crippen molar-refractivity contribution >= 4 is 30.1 Å². The number of hydrogen-bond acceptors (Lipinski definition) is 4. The number of carbonyl (C=O) groups excluding carboxylic acids is 3. The van der Waals surface area contributed by atoms with Gasteiger partial charge in [0, 0.05) is 29.1 Å². The van der Waals surface area contributed by atoms with E-state index in [1.165, 1.54) is 11.0 Å². The molecule has 1 unspecified atom stereocenters. The van der Waals surface area contributed by atoms with Crippen LogP contribution in [0.25, 0.3) is 0 Å². The number of halogens is 2. The third kappa shape index (κ3) is 2.69. The lowest BCUT2D eigenvalue weighted by Crippen LogP contribution is -2.37. The summed E-state index contributed by atoms with van der Waals surface area (Å²) >= 11 is 6.01. The van der Waals surface area contributed by atoms with Gasteiger partial charge < -0.3 is 19.6 Å². The summed E-state index contributed by atoms with van der Waals surface area (Å²) in [5, 5.41) is 9.25. The van der Waals surface area contributed by atoms with E-state index in [4.69, 9.17) is 16.7 Å². The number of nitrogens with zero attached hydrogens (tertiary/aromatic N) is 1. The minimum absolute atomic E-state index is 0.0118. The van der Waals surface area contributed by atoms with Gasteiger partial charge in [-0.1, -0.05) is 11.6 Å². The first-order valence-corrected chi connectivity index (χ1v) is 6.73. The summed E-state index contributed by atoms with van der Waals surface area (Å²) in [4.78, 5) is 35.0. The molecule has 1 N–H and O–H groups in total. The van der Waals surface area contributed by atoms with Gasteiger partial charge in [-0.15, -0.1) is 0 Å². The molecule has 5 nitrogen and oxygen atoms in total. The van der Waals surface area contributed by atoms with E-state index >= 15 is 0 Å². The predicted octanol–water partition coefficient (Wildman–Crippen LogP) is 1.47. The maximum Gasteiger partial charge on any atom is 0.258 e. The molecule has 0 fully saturated rings. The van der Waals surface area contributed by atoms with Gasteiger partial charge in [-0.05, 0) is 12.5 Å². The van der Waals surface area contributed by atoms with E-state index in [0.717, 1.165) is 0 Å². The van der Waals surface area contributed by atoms with Crippen LogP contribution < -0.4 is 0 Å². The van der Waals surface area contributed by atoms with Gasteiger partial charge >= 0.3 is 0 Å². The molecule has 0 aromatic heterocycles. The number of amides is 1. The summed E-state index contributed by atoms with van der Waals surface area (Å²) in [6.07, 6.45) is 1.52.